The van der Waals surface area contributed by atoms with Crippen LogP contribution in [0.25, 0.3) is 5.65 Å². The second-order valence-electron chi connectivity index (χ2n) is 5.56. The van der Waals surface area contributed by atoms with E-state index in [0.29, 0.717) is 10.8 Å². The number of benzene rings is 1. The van der Waals surface area contributed by atoms with Gasteiger partial charge in [0.15, 0.2) is 5.16 Å². The molecule has 0 aliphatic carbocycles. The Balaban J connectivity index is 1.68. The Kier molecular flexibility index (Phi) is 5.14. The van der Waals surface area contributed by atoms with Crippen molar-refractivity contribution in [2.75, 3.05) is 11.1 Å². The average Bonchev–Trinajstić information content (AvgIpc) is 2.61. The molecule has 6 nitrogen and oxygen atoms in total. The van der Waals surface area contributed by atoms with Crippen molar-refractivity contribution < 1.29 is 4.79 Å². The molecule has 3 rings (SSSR count). The Bertz CT molecular complexity index is 967. The van der Waals surface area contributed by atoms with Crippen molar-refractivity contribution in [3.8, 4) is 0 Å². The minimum absolute atomic E-state index is 0.136. The first kappa shape index (κ1) is 17.2. The van der Waals surface area contributed by atoms with Gasteiger partial charge < -0.3 is 5.32 Å². The van der Waals surface area contributed by atoms with Gasteiger partial charge in [0.25, 0.3) is 0 Å². The number of pyridine rings is 1. The Morgan fingerprint density at radius 2 is 1.96 bits per heavy atom. The zero-order chi connectivity index (χ0) is 17.8. The lowest BCUT2D eigenvalue weighted by atomic mass is 10.1. The number of thioether (sulfide) groups is 1. The van der Waals surface area contributed by atoms with E-state index in [-0.39, 0.29) is 11.7 Å². The van der Waals surface area contributed by atoms with Gasteiger partial charge in [-0.25, -0.2) is 9.78 Å². The predicted octanol–water partition coefficient (Wildman–Crippen LogP) is 2.69. The minimum atomic E-state index is -0.397. The van der Waals surface area contributed by atoms with Crippen LogP contribution in [0.15, 0.2) is 52.5 Å². The van der Waals surface area contributed by atoms with Crippen molar-refractivity contribution in [2.45, 2.75) is 25.4 Å². The average molecular weight is 354 g/mol. The van der Waals surface area contributed by atoms with Gasteiger partial charge in [0.2, 0.25) is 5.91 Å². The molecular weight excluding hydrogens is 336 g/mol. The van der Waals surface area contributed by atoms with Crippen LogP contribution >= 0.6 is 11.8 Å². The highest BCUT2D eigenvalue weighted by molar-refractivity contribution is 7.99. The zero-order valence-electron chi connectivity index (χ0n) is 14.0. The van der Waals surface area contributed by atoms with Crippen molar-refractivity contribution in [3.63, 3.8) is 0 Å². The molecule has 1 amide bonds. The lowest BCUT2D eigenvalue weighted by molar-refractivity contribution is -0.113. The van der Waals surface area contributed by atoms with Crippen LogP contribution in [0.4, 0.5) is 5.69 Å². The molecule has 0 saturated heterocycles. The van der Waals surface area contributed by atoms with Crippen LogP contribution in [0, 0.1) is 6.92 Å². The fraction of sp³-hybridized carbons (Fsp3) is 0.222. The smallest absolute Gasteiger partial charge is 0.325 e. The third-order valence-electron chi connectivity index (χ3n) is 3.74. The topological polar surface area (TPSA) is 76.4 Å². The SMILES string of the molecule is CCc1ccc(NC(=O)CSc2nc(=O)n3cccc(C)c3n2)cc1. The molecule has 7 heteroatoms. The van der Waals surface area contributed by atoms with Gasteiger partial charge in [0.05, 0.1) is 5.75 Å². The molecule has 0 aliphatic rings. The highest BCUT2D eigenvalue weighted by Gasteiger charge is 2.09. The van der Waals surface area contributed by atoms with Crippen LogP contribution < -0.4 is 11.0 Å². The second kappa shape index (κ2) is 7.48. The highest BCUT2D eigenvalue weighted by Crippen LogP contribution is 2.15. The first-order valence-corrected chi connectivity index (χ1v) is 8.93. The molecule has 0 aliphatic heterocycles. The summed E-state index contributed by atoms with van der Waals surface area (Å²) in [6.07, 6.45) is 2.59. The summed E-state index contributed by atoms with van der Waals surface area (Å²) in [6, 6.07) is 11.4. The predicted molar refractivity (Wildman–Crippen MR) is 99.2 cm³/mol. The van der Waals surface area contributed by atoms with Gasteiger partial charge in [0.1, 0.15) is 5.65 Å². The van der Waals surface area contributed by atoms with E-state index in [0.717, 1.165) is 29.4 Å². The van der Waals surface area contributed by atoms with Gasteiger partial charge >= 0.3 is 5.69 Å². The quantitative estimate of drug-likeness (QED) is 0.713. The maximum Gasteiger partial charge on any atom is 0.355 e. The Labute approximate surface area is 149 Å². The molecule has 0 atom stereocenters. The Morgan fingerprint density at radius 1 is 1.20 bits per heavy atom. The van der Waals surface area contributed by atoms with Crippen LogP contribution in [0.1, 0.15) is 18.1 Å². The number of carbonyl (C=O) groups is 1. The Morgan fingerprint density at radius 3 is 2.68 bits per heavy atom. The third kappa shape index (κ3) is 4.06. The first-order valence-electron chi connectivity index (χ1n) is 7.94. The number of anilines is 1. The van der Waals surface area contributed by atoms with Crippen molar-refractivity contribution in [1.82, 2.24) is 14.4 Å². The number of aryl methyl sites for hydroxylation is 2. The molecule has 2 aromatic heterocycles. The molecular formula is C18H18N4O2S. The number of carbonyl (C=O) groups excluding carboxylic acids is 1. The molecule has 0 fully saturated rings. The number of fused-ring (bicyclic) bond motifs is 1. The van der Waals surface area contributed by atoms with E-state index < -0.39 is 5.69 Å². The summed E-state index contributed by atoms with van der Waals surface area (Å²) in [4.78, 5) is 32.4. The second-order valence-corrected chi connectivity index (χ2v) is 6.50. The van der Waals surface area contributed by atoms with Crippen molar-refractivity contribution in [1.29, 1.82) is 0 Å². The maximum atomic E-state index is 12.1. The molecule has 0 radical (unpaired) electrons. The van der Waals surface area contributed by atoms with Gasteiger partial charge in [-0.05, 0) is 42.7 Å². The largest absolute Gasteiger partial charge is 0.355 e. The zero-order valence-corrected chi connectivity index (χ0v) is 14.8. The number of amides is 1. The van der Waals surface area contributed by atoms with E-state index in [1.165, 1.54) is 9.96 Å². The van der Waals surface area contributed by atoms with Gasteiger partial charge in [0, 0.05) is 11.9 Å². The van der Waals surface area contributed by atoms with E-state index in [1.54, 1.807) is 12.3 Å². The molecule has 2 heterocycles. The minimum Gasteiger partial charge on any atom is -0.325 e. The fourth-order valence-corrected chi connectivity index (χ4v) is 3.00. The monoisotopic (exact) mass is 354 g/mol. The van der Waals surface area contributed by atoms with E-state index in [2.05, 4.69) is 22.2 Å². The number of nitrogens with one attached hydrogen (secondary N) is 1. The van der Waals surface area contributed by atoms with E-state index in [1.807, 2.05) is 37.3 Å². The molecule has 128 valence electrons. The number of rotatable bonds is 5. The summed E-state index contributed by atoms with van der Waals surface area (Å²) in [6.45, 7) is 3.96. The summed E-state index contributed by atoms with van der Waals surface area (Å²) in [5.74, 6) is -0.0281. The number of hydrogen-bond acceptors (Lipinski definition) is 5. The van der Waals surface area contributed by atoms with Crippen LogP contribution in [0.3, 0.4) is 0 Å². The summed E-state index contributed by atoms with van der Waals surface area (Å²) in [5, 5.41) is 3.13. The van der Waals surface area contributed by atoms with Crippen LogP contribution in [-0.2, 0) is 11.2 Å². The van der Waals surface area contributed by atoms with Crippen LogP contribution in [0.2, 0.25) is 0 Å². The number of nitrogens with zero attached hydrogens (tertiary/aromatic N) is 3. The van der Waals surface area contributed by atoms with Crippen molar-refractivity contribution in [2.24, 2.45) is 0 Å². The molecule has 0 spiro atoms. The molecule has 3 aromatic rings. The van der Waals surface area contributed by atoms with Gasteiger partial charge in [-0.1, -0.05) is 36.9 Å². The molecule has 1 aromatic carbocycles. The molecule has 1 N–H and O–H groups in total. The van der Waals surface area contributed by atoms with Crippen molar-refractivity contribution in [3.05, 3.63) is 64.2 Å². The number of hydrogen-bond donors (Lipinski definition) is 1. The maximum absolute atomic E-state index is 12.1. The summed E-state index contributed by atoms with van der Waals surface area (Å²) in [5.41, 5.74) is 3.00. The van der Waals surface area contributed by atoms with Gasteiger partial charge in [-0.3, -0.25) is 9.20 Å². The van der Waals surface area contributed by atoms with Gasteiger partial charge in [-0.2, -0.15) is 4.98 Å². The van der Waals surface area contributed by atoms with E-state index >= 15 is 0 Å². The van der Waals surface area contributed by atoms with Crippen LogP contribution in [0.5, 0.6) is 0 Å². The summed E-state index contributed by atoms with van der Waals surface area (Å²) in [7, 11) is 0. The summed E-state index contributed by atoms with van der Waals surface area (Å²) >= 11 is 1.15. The standard InChI is InChI=1S/C18H18N4O2S/c1-3-13-6-8-14(9-7-13)19-15(23)11-25-17-20-16-12(2)5-4-10-22(16)18(24)21-17/h4-10H,3,11H2,1-2H3,(H,19,23). The molecule has 25 heavy (non-hydrogen) atoms. The fourth-order valence-electron chi connectivity index (χ4n) is 2.37. The molecule has 0 bridgehead atoms. The normalized spacial score (nSPS) is 10.8. The van der Waals surface area contributed by atoms with Gasteiger partial charge in [-0.15, -0.1) is 0 Å². The van der Waals surface area contributed by atoms with E-state index in [4.69, 9.17) is 0 Å². The van der Waals surface area contributed by atoms with E-state index in [9.17, 15) is 9.59 Å². The number of aromatic nitrogens is 3. The Hall–Kier alpha value is -2.67. The van der Waals surface area contributed by atoms with Crippen LogP contribution in [-0.4, -0.2) is 26.0 Å². The first-order chi connectivity index (χ1) is 12.1. The molecule has 0 unspecified atom stereocenters. The molecule has 0 saturated carbocycles. The lowest BCUT2D eigenvalue weighted by Gasteiger charge is -2.06. The lowest BCUT2D eigenvalue weighted by Crippen LogP contribution is -2.20. The summed E-state index contributed by atoms with van der Waals surface area (Å²) < 4.78 is 1.40. The van der Waals surface area contributed by atoms with Crippen molar-refractivity contribution >= 4 is 29.0 Å². The third-order valence-corrected chi connectivity index (χ3v) is 4.59. The highest BCUT2D eigenvalue weighted by atomic mass is 32.2.